The third-order valence-electron chi connectivity index (χ3n) is 9.29. The van der Waals surface area contributed by atoms with E-state index in [4.69, 9.17) is 9.97 Å². The van der Waals surface area contributed by atoms with Gasteiger partial charge in [0.25, 0.3) is 0 Å². The van der Waals surface area contributed by atoms with Gasteiger partial charge in [-0.15, -0.1) is 0 Å². The molecule has 0 fully saturated rings. The van der Waals surface area contributed by atoms with Gasteiger partial charge in [-0.05, 0) is 62.2 Å². The summed E-state index contributed by atoms with van der Waals surface area (Å²) < 4.78 is 0. The van der Waals surface area contributed by atoms with E-state index in [2.05, 4.69) is 169 Å². The van der Waals surface area contributed by atoms with E-state index in [1.807, 2.05) is 18.2 Å². The SMILES string of the molecule is c1ccc(-c2cc(-c3ccc(-c4cccc(-c5[nH]cc6ccccc56)c4)cc3)nc(-c3ccc(-c4ccc5ccccc5c4)cc3)n2)cc1. The molecule has 2 heterocycles. The van der Waals surface area contributed by atoms with Crippen LogP contribution in [0.2, 0.25) is 0 Å². The van der Waals surface area contributed by atoms with Crippen molar-refractivity contribution in [3.05, 3.63) is 182 Å². The summed E-state index contributed by atoms with van der Waals surface area (Å²) in [4.78, 5) is 13.6. The highest BCUT2D eigenvalue weighted by Gasteiger charge is 2.12. The predicted molar refractivity (Wildman–Crippen MR) is 204 cm³/mol. The van der Waals surface area contributed by atoms with E-state index < -0.39 is 0 Å². The number of hydrogen-bond donors (Lipinski definition) is 1. The van der Waals surface area contributed by atoms with Crippen molar-refractivity contribution in [2.24, 2.45) is 0 Å². The van der Waals surface area contributed by atoms with Gasteiger partial charge in [0.15, 0.2) is 5.82 Å². The molecule has 0 saturated heterocycles. The van der Waals surface area contributed by atoms with Crippen LogP contribution in [0.25, 0.3) is 89.0 Å². The normalized spacial score (nSPS) is 11.3. The lowest BCUT2D eigenvalue weighted by molar-refractivity contribution is 1.18. The number of nitrogens with one attached hydrogen (secondary N) is 1. The topological polar surface area (TPSA) is 41.6 Å². The number of H-pyrrole nitrogens is 1. The Morgan fingerprint density at radius 3 is 1.61 bits per heavy atom. The zero-order chi connectivity index (χ0) is 32.6. The zero-order valence-corrected chi connectivity index (χ0v) is 26.7. The highest BCUT2D eigenvalue weighted by molar-refractivity contribution is 5.96. The molecule has 0 aliphatic carbocycles. The predicted octanol–water partition coefficient (Wildman–Crippen LogP) is 12.1. The van der Waals surface area contributed by atoms with Gasteiger partial charge >= 0.3 is 0 Å². The number of aromatic nitrogens is 3. The van der Waals surface area contributed by atoms with Gasteiger partial charge in [0.2, 0.25) is 0 Å². The molecule has 0 aliphatic heterocycles. The average molecular weight is 626 g/mol. The summed E-state index contributed by atoms with van der Waals surface area (Å²) in [6, 6.07) is 62.0. The monoisotopic (exact) mass is 625 g/mol. The van der Waals surface area contributed by atoms with Crippen LogP contribution in [-0.2, 0) is 0 Å². The van der Waals surface area contributed by atoms with Gasteiger partial charge in [0.1, 0.15) is 0 Å². The molecule has 0 aliphatic rings. The summed E-state index contributed by atoms with van der Waals surface area (Å²) in [7, 11) is 0. The quantitative estimate of drug-likeness (QED) is 0.200. The Morgan fingerprint density at radius 1 is 0.327 bits per heavy atom. The third kappa shape index (κ3) is 5.58. The van der Waals surface area contributed by atoms with Crippen molar-refractivity contribution in [3.8, 4) is 67.4 Å². The lowest BCUT2D eigenvalue weighted by Gasteiger charge is -2.11. The van der Waals surface area contributed by atoms with Crippen LogP contribution in [0.3, 0.4) is 0 Å². The molecule has 7 aromatic carbocycles. The van der Waals surface area contributed by atoms with E-state index in [0.29, 0.717) is 5.82 Å². The van der Waals surface area contributed by atoms with Crippen molar-refractivity contribution < 1.29 is 0 Å². The molecule has 0 saturated carbocycles. The lowest BCUT2D eigenvalue weighted by atomic mass is 9.98. The second-order valence-corrected chi connectivity index (χ2v) is 12.4. The van der Waals surface area contributed by atoms with Gasteiger partial charge in [0, 0.05) is 28.3 Å². The molecule has 0 bridgehead atoms. The van der Waals surface area contributed by atoms with Crippen LogP contribution in [0.4, 0.5) is 0 Å². The molecule has 0 spiro atoms. The van der Waals surface area contributed by atoms with E-state index in [0.717, 1.165) is 44.9 Å². The second-order valence-electron chi connectivity index (χ2n) is 12.4. The first kappa shape index (κ1) is 28.6. The highest BCUT2D eigenvalue weighted by atomic mass is 14.9. The van der Waals surface area contributed by atoms with Crippen molar-refractivity contribution in [2.45, 2.75) is 0 Å². The molecule has 2 aromatic heterocycles. The van der Waals surface area contributed by atoms with Crippen LogP contribution < -0.4 is 0 Å². The van der Waals surface area contributed by atoms with Crippen LogP contribution in [0.1, 0.15) is 0 Å². The van der Waals surface area contributed by atoms with Gasteiger partial charge < -0.3 is 4.98 Å². The van der Waals surface area contributed by atoms with Crippen LogP contribution in [-0.4, -0.2) is 15.0 Å². The molecular formula is C46H31N3. The molecule has 1 N–H and O–H groups in total. The Morgan fingerprint density at radius 2 is 0.857 bits per heavy atom. The molecule has 0 unspecified atom stereocenters. The van der Waals surface area contributed by atoms with E-state index in [-0.39, 0.29) is 0 Å². The maximum absolute atomic E-state index is 5.11. The summed E-state index contributed by atoms with van der Waals surface area (Å²) in [6.45, 7) is 0. The highest BCUT2D eigenvalue weighted by Crippen LogP contribution is 2.33. The number of fused-ring (bicyclic) bond motifs is 2. The fraction of sp³-hybridized carbons (Fsp3) is 0. The molecule has 49 heavy (non-hydrogen) atoms. The van der Waals surface area contributed by atoms with Gasteiger partial charge in [-0.1, -0.05) is 158 Å². The van der Waals surface area contributed by atoms with Crippen molar-refractivity contribution >= 4 is 21.5 Å². The third-order valence-corrected chi connectivity index (χ3v) is 9.29. The first-order valence-electron chi connectivity index (χ1n) is 16.6. The summed E-state index contributed by atoms with van der Waals surface area (Å²) in [5.74, 6) is 0.705. The Hall–Kier alpha value is -6.58. The smallest absolute Gasteiger partial charge is 0.160 e. The lowest BCUT2D eigenvalue weighted by Crippen LogP contribution is -1.96. The molecule has 9 aromatic rings. The summed E-state index contributed by atoms with van der Waals surface area (Å²) in [6.07, 6.45) is 2.07. The largest absolute Gasteiger partial charge is 0.360 e. The van der Waals surface area contributed by atoms with Gasteiger partial charge in [-0.3, -0.25) is 0 Å². The summed E-state index contributed by atoms with van der Waals surface area (Å²) in [5.41, 5.74) is 11.9. The zero-order valence-electron chi connectivity index (χ0n) is 26.7. The number of benzene rings is 7. The van der Waals surface area contributed by atoms with Gasteiger partial charge in [-0.2, -0.15) is 0 Å². The maximum atomic E-state index is 5.11. The number of rotatable bonds is 6. The minimum atomic E-state index is 0.705. The minimum absolute atomic E-state index is 0.705. The van der Waals surface area contributed by atoms with Crippen LogP contribution in [0, 0.1) is 0 Å². The maximum Gasteiger partial charge on any atom is 0.160 e. The first-order valence-corrected chi connectivity index (χ1v) is 16.6. The van der Waals surface area contributed by atoms with Crippen molar-refractivity contribution in [2.75, 3.05) is 0 Å². The average Bonchev–Trinajstić information content (AvgIpc) is 3.62. The van der Waals surface area contributed by atoms with Crippen LogP contribution in [0.5, 0.6) is 0 Å². The standard InChI is InChI=1S/C46H31N3/c1-2-10-34(11-3-1)43-29-44(49-46(48-43)36-24-19-33(20-25-36)39-26-21-31-9-4-5-12-37(31)27-39)35-22-17-32(18-23-35)38-14-8-15-40(28-38)45-42-16-7-6-13-41(42)30-47-45/h1-30,47H. The molecule has 3 nitrogen and oxygen atoms in total. The summed E-state index contributed by atoms with van der Waals surface area (Å²) in [5, 5.41) is 4.92. The Balaban J connectivity index is 1.06. The molecule has 0 radical (unpaired) electrons. The fourth-order valence-electron chi connectivity index (χ4n) is 6.67. The van der Waals surface area contributed by atoms with Crippen molar-refractivity contribution in [1.82, 2.24) is 15.0 Å². The van der Waals surface area contributed by atoms with Gasteiger partial charge in [-0.25, -0.2) is 9.97 Å². The van der Waals surface area contributed by atoms with Crippen molar-refractivity contribution in [1.29, 1.82) is 0 Å². The van der Waals surface area contributed by atoms with E-state index in [1.165, 1.54) is 38.2 Å². The van der Waals surface area contributed by atoms with Gasteiger partial charge in [0.05, 0.1) is 17.1 Å². The Labute approximate surface area is 285 Å². The molecule has 9 rings (SSSR count). The number of nitrogens with zero attached hydrogens (tertiary/aromatic N) is 2. The summed E-state index contributed by atoms with van der Waals surface area (Å²) >= 11 is 0. The van der Waals surface area contributed by atoms with Crippen LogP contribution >= 0.6 is 0 Å². The first-order chi connectivity index (χ1) is 24.2. The van der Waals surface area contributed by atoms with E-state index in [9.17, 15) is 0 Å². The second kappa shape index (κ2) is 12.2. The number of hydrogen-bond acceptors (Lipinski definition) is 2. The van der Waals surface area contributed by atoms with Crippen LogP contribution in [0.15, 0.2) is 182 Å². The molecule has 0 amide bonds. The molecule has 3 heteroatoms. The fourth-order valence-corrected chi connectivity index (χ4v) is 6.67. The molecule has 230 valence electrons. The Bertz CT molecular complexity index is 2580. The Kier molecular flexibility index (Phi) is 7.14. The van der Waals surface area contributed by atoms with E-state index in [1.54, 1.807) is 0 Å². The molecular weight excluding hydrogens is 595 g/mol. The minimum Gasteiger partial charge on any atom is -0.360 e. The number of aromatic amines is 1. The van der Waals surface area contributed by atoms with Crippen molar-refractivity contribution in [3.63, 3.8) is 0 Å². The molecule has 0 atom stereocenters. The van der Waals surface area contributed by atoms with E-state index >= 15 is 0 Å².